The third-order valence-corrected chi connectivity index (χ3v) is 5.61. The maximum absolute atomic E-state index is 12.2. The van der Waals surface area contributed by atoms with E-state index in [4.69, 9.17) is 0 Å². The maximum Gasteiger partial charge on any atom is 0.228 e. The number of anilines is 1. The van der Waals surface area contributed by atoms with Gasteiger partial charge >= 0.3 is 0 Å². The van der Waals surface area contributed by atoms with Crippen molar-refractivity contribution in [1.82, 2.24) is 9.88 Å². The van der Waals surface area contributed by atoms with Crippen molar-refractivity contribution < 1.29 is 9.90 Å². The third-order valence-electron chi connectivity index (χ3n) is 4.63. The number of aromatic hydroxyl groups is 1. The van der Waals surface area contributed by atoms with Gasteiger partial charge in [0, 0.05) is 19.1 Å². The second-order valence-electron chi connectivity index (χ2n) is 6.36. The highest BCUT2D eigenvalue weighted by Gasteiger charge is 2.22. The molecule has 0 bridgehead atoms. The topological polar surface area (TPSA) is 65.5 Å². The van der Waals surface area contributed by atoms with E-state index in [2.05, 4.69) is 10.3 Å². The molecule has 0 unspecified atom stereocenters. The highest BCUT2D eigenvalue weighted by Crippen LogP contribution is 2.31. The van der Waals surface area contributed by atoms with E-state index in [0.717, 1.165) is 31.1 Å². The Balaban J connectivity index is 1.59. The summed E-state index contributed by atoms with van der Waals surface area (Å²) in [5.41, 5.74) is 0. The lowest BCUT2D eigenvalue weighted by Gasteiger charge is -2.15. The van der Waals surface area contributed by atoms with E-state index in [-0.39, 0.29) is 18.2 Å². The first-order chi connectivity index (χ1) is 10.7. The van der Waals surface area contributed by atoms with Crippen molar-refractivity contribution in [2.45, 2.75) is 63.8 Å². The molecule has 5 nitrogen and oxygen atoms in total. The molecule has 6 heteroatoms. The molecule has 0 atom stereocenters. The van der Waals surface area contributed by atoms with Crippen molar-refractivity contribution in [3.05, 3.63) is 4.88 Å². The third kappa shape index (κ3) is 3.91. The fraction of sp³-hybridized carbons (Fsp3) is 0.750. The standard InChI is InChI=1S/C16H25N3O2S/c20-14(19-9-5-6-10-19)11-13-15(21)18-16(22-13)17-12-7-3-1-2-4-8-12/h12,21H,1-11H2,(H,17,18). The highest BCUT2D eigenvalue weighted by molar-refractivity contribution is 7.16. The number of aromatic nitrogens is 1. The van der Waals surface area contributed by atoms with Crippen molar-refractivity contribution in [2.24, 2.45) is 0 Å². The number of nitrogens with zero attached hydrogens (tertiary/aromatic N) is 2. The van der Waals surface area contributed by atoms with Gasteiger partial charge in [0.15, 0.2) is 5.13 Å². The Hall–Kier alpha value is -1.30. The minimum atomic E-state index is 0.0219. The van der Waals surface area contributed by atoms with Crippen molar-refractivity contribution in [3.8, 4) is 5.88 Å². The van der Waals surface area contributed by atoms with E-state index in [1.165, 1.54) is 49.9 Å². The van der Waals surface area contributed by atoms with Gasteiger partial charge in [0.2, 0.25) is 11.8 Å². The normalized spacial score (nSPS) is 20.1. The number of hydrogen-bond donors (Lipinski definition) is 2. The number of hydrogen-bond acceptors (Lipinski definition) is 5. The van der Waals surface area contributed by atoms with Gasteiger partial charge in [0.05, 0.1) is 11.3 Å². The first kappa shape index (κ1) is 15.6. The molecule has 1 aromatic rings. The molecule has 1 aliphatic heterocycles. The predicted octanol–water partition coefficient (Wildman–Crippen LogP) is 3.15. The summed E-state index contributed by atoms with van der Waals surface area (Å²) < 4.78 is 0. The molecular formula is C16H25N3O2S. The molecule has 2 aliphatic rings. The van der Waals surface area contributed by atoms with Gasteiger partial charge in [-0.2, -0.15) is 4.98 Å². The van der Waals surface area contributed by atoms with E-state index >= 15 is 0 Å². The number of likely N-dealkylation sites (tertiary alicyclic amines) is 1. The summed E-state index contributed by atoms with van der Waals surface area (Å²) in [6, 6.07) is 0.454. The van der Waals surface area contributed by atoms with Crippen molar-refractivity contribution in [2.75, 3.05) is 18.4 Å². The lowest BCUT2D eigenvalue weighted by Crippen LogP contribution is -2.28. The van der Waals surface area contributed by atoms with Gasteiger partial charge in [0.1, 0.15) is 0 Å². The van der Waals surface area contributed by atoms with Gasteiger partial charge in [-0.15, -0.1) is 0 Å². The predicted molar refractivity (Wildman–Crippen MR) is 88.4 cm³/mol. The molecule has 0 aromatic carbocycles. The van der Waals surface area contributed by atoms with E-state index in [0.29, 0.717) is 10.9 Å². The van der Waals surface area contributed by atoms with Gasteiger partial charge in [0.25, 0.3) is 0 Å². The van der Waals surface area contributed by atoms with Crippen molar-refractivity contribution in [3.63, 3.8) is 0 Å². The molecule has 2 N–H and O–H groups in total. The fourth-order valence-electron chi connectivity index (χ4n) is 3.33. The van der Waals surface area contributed by atoms with Crippen LogP contribution in [0, 0.1) is 0 Å². The summed E-state index contributed by atoms with van der Waals surface area (Å²) in [6.07, 6.45) is 9.95. The van der Waals surface area contributed by atoms with Crippen LogP contribution < -0.4 is 5.32 Å². The number of rotatable bonds is 4. The minimum absolute atomic E-state index is 0.0219. The molecule has 1 amide bonds. The monoisotopic (exact) mass is 323 g/mol. The van der Waals surface area contributed by atoms with Crippen LogP contribution in [0.25, 0.3) is 0 Å². The Bertz CT molecular complexity index is 503. The quantitative estimate of drug-likeness (QED) is 0.836. The Morgan fingerprint density at radius 1 is 1.18 bits per heavy atom. The van der Waals surface area contributed by atoms with Gasteiger partial charge < -0.3 is 15.3 Å². The molecule has 0 spiro atoms. The molecule has 1 aliphatic carbocycles. The number of nitrogens with one attached hydrogen (secondary N) is 1. The SMILES string of the molecule is O=C(Cc1sc(NC2CCCCCC2)nc1O)N1CCCC1. The van der Waals surface area contributed by atoms with Gasteiger partial charge in [-0.1, -0.05) is 37.0 Å². The van der Waals surface area contributed by atoms with Crippen molar-refractivity contribution in [1.29, 1.82) is 0 Å². The van der Waals surface area contributed by atoms with E-state index < -0.39 is 0 Å². The molecule has 1 saturated heterocycles. The second kappa shape index (κ2) is 7.31. The molecule has 2 heterocycles. The molecule has 122 valence electrons. The molecule has 2 fully saturated rings. The average molecular weight is 323 g/mol. The Labute approximate surface area is 135 Å². The minimum Gasteiger partial charge on any atom is -0.492 e. The largest absolute Gasteiger partial charge is 0.492 e. The summed E-state index contributed by atoms with van der Waals surface area (Å²) in [4.78, 5) is 19.0. The highest BCUT2D eigenvalue weighted by atomic mass is 32.1. The number of amides is 1. The van der Waals surface area contributed by atoms with Crippen LogP contribution >= 0.6 is 11.3 Å². The van der Waals surface area contributed by atoms with Crippen LogP contribution in [-0.2, 0) is 11.2 Å². The lowest BCUT2D eigenvalue weighted by atomic mass is 10.1. The maximum atomic E-state index is 12.2. The summed E-state index contributed by atoms with van der Waals surface area (Å²) in [5.74, 6) is 0.131. The second-order valence-corrected chi connectivity index (χ2v) is 7.45. The van der Waals surface area contributed by atoms with Gasteiger partial charge in [-0.05, 0) is 25.7 Å². The fourth-order valence-corrected chi connectivity index (χ4v) is 4.26. The van der Waals surface area contributed by atoms with Gasteiger partial charge in [-0.3, -0.25) is 4.79 Å². The van der Waals surface area contributed by atoms with Crippen LogP contribution in [0.3, 0.4) is 0 Å². The van der Waals surface area contributed by atoms with E-state index in [1.807, 2.05) is 4.90 Å². The van der Waals surface area contributed by atoms with Gasteiger partial charge in [-0.25, -0.2) is 0 Å². The summed E-state index contributed by atoms with van der Waals surface area (Å²) >= 11 is 1.43. The zero-order chi connectivity index (χ0) is 15.4. The van der Waals surface area contributed by atoms with E-state index in [1.54, 1.807) is 0 Å². The Morgan fingerprint density at radius 2 is 1.86 bits per heavy atom. The summed E-state index contributed by atoms with van der Waals surface area (Å²) in [5, 5.41) is 14.2. The van der Waals surface area contributed by atoms with Crippen LogP contribution in [0.15, 0.2) is 0 Å². The summed E-state index contributed by atoms with van der Waals surface area (Å²) in [7, 11) is 0. The lowest BCUT2D eigenvalue weighted by molar-refractivity contribution is -0.129. The molecule has 22 heavy (non-hydrogen) atoms. The van der Waals surface area contributed by atoms with Crippen LogP contribution in [0.5, 0.6) is 5.88 Å². The first-order valence-corrected chi connectivity index (χ1v) is 9.27. The summed E-state index contributed by atoms with van der Waals surface area (Å²) in [6.45, 7) is 1.71. The average Bonchev–Trinajstić information content (AvgIpc) is 3.06. The molecule has 1 aromatic heterocycles. The smallest absolute Gasteiger partial charge is 0.228 e. The zero-order valence-electron chi connectivity index (χ0n) is 13.0. The van der Waals surface area contributed by atoms with Crippen LogP contribution in [0.4, 0.5) is 5.13 Å². The molecule has 0 radical (unpaired) electrons. The Kier molecular flexibility index (Phi) is 5.18. The van der Waals surface area contributed by atoms with Crippen LogP contribution in [0.2, 0.25) is 0 Å². The molecular weight excluding hydrogens is 298 g/mol. The van der Waals surface area contributed by atoms with Crippen molar-refractivity contribution >= 4 is 22.4 Å². The number of thiazole rings is 1. The molecule has 1 saturated carbocycles. The first-order valence-electron chi connectivity index (χ1n) is 8.45. The van der Waals surface area contributed by atoms with Crippen LogP contribution in [0.1, 0.15) is 56.2 Å². The van der Waals surface area contributed by atoms with Crippen LogP contribution in [-0.4, -0.2) is 40.0 Å². The number of carbonyl (C=O) groups is 1. The molecule has 3 rings (SSSR count). The Morgan fingerprint density at radius 3 is 2.55 bits per heavy atom. The zero-order valence-corrected chi connectivity index (χ0v) is 13.8. The number of carbonyl (C=O) groups excluding carboxylic acids is 1. The van der Waals surface area contributed by atoms with E-state index in [9.17, 15) is 9.90 Å².